The molecule has 1 aromatic rings. The Morgan fingerprint density at radius 1 is 1.43 bits per heavy atom. The minimum atomic E-state index is -0.329. The van der Waals surface area contributed by atoms with Gasteiger partial charge in [0.05, 0.1) is 23.1 Å². The second-order valence-electron chi connectivity index (χ2n) is 5.29. The number of anilines is 1. The molecule has 0 radical (unpaired) electrons. The van der Waals surface area contributed by atoms with Crippen molar-refractivity contribution in [3.05, 3.63) is 28.8 Å². The predicted octanol–water partition coefficient (Wildman–Crippen LogP) is 1.96. The van der Waals surface area contributed by atoms with E-state index in [2.05, 4.69) is 10.6 Å². The van der Waals surface area contributed by atoms with Gasteiger partial charge in [0.15, 0.2) is 0 Å². The summed E-state index contributed by atoms with van der Waals surface area (Å²) in [5, 5.41) is 5.94. The van der Waals surface area contributed by atoms with Crippen LogP contribution in [-0.2, 0) is 9.53 Å². The lowest BCUT2D eigenvalue weighted by molar-refractivity contribution is -0.118. The van der Waals surface area contributed by atoms with Crippen LogP contribution in [0.1, 0.15) is 29.6 Å². The van der Waals surface area contributed by atoms with Crippen molar-refractivity contribution in [3.8, 4) is 0 Å². The molecule has 1 atom stereocenters. The summed E-state index contributed by atoms with van der Waals surface area (Å²) < 4.78 is 5.07. The van der Waals surface area contributed by atoms with Crippen molar-refractivity contribution in [3.63, 3.8) is 0 Å². The lowest BCUT2D eigenvalue weighted by Crippen LogP contribution is -2.28. The Bertz CT molecular complexity index is 561. The average Bonchev–Trinajstić information content (AvgIpc) is 3.30. The molecule has 0 aromatic heterocycles. The van der Waals surface area contributed by atoms with Crippen LogP contribution in [0.2, 0.25) is 5.02 Å². The van der Waals surface area contributed by atoms with Crippen LogP contribution in [0.4, 0.5) is 5.69 Å². The van der Waals surface area contributed by atoms with E-state index in [-0.39, 0.29) is 49.3 Å². The lowest BCUT2D eigenvalue weighted by Gasteiger charge is -2.13. The summed E-state index contributed by atoms with van der Waals surface area (Å²) >= 11 is 6.05. The Kier molecular flexibility index (Phi) is 7.78. The highest BCUT2D eigenvalue weighted by atomic mass is 35.5. The van der Waals surface area contributed by atoms with E-state index >= 15 is 0 Å². The van der Waals surface area contributed by atoms with E-state index in [9.17, 15) is 9.59 Å². The first-order valence-electron chi connectivity index (χ1n) is 7.16. The number of carbonyl (C=O) groups is 2. The van der Waals surface area contributed by atoms with Crippen LogP contribution in [0.5, 0.6) is 0 Å². The van der Waals surface area contributed by atoms with E-state index in [0.29, 0.717) is 16.3 Å². The summed E-state index contributed by atoms with van der Waals surface area (Å²) in [4.78, 5) is 24.0. The molecule has 0 heterocycles. The molecule has 23 heavy (non-hydrogen) atoms. The SMILES string of the molecule is COC(CN)CC(=O)Nc1ccc(Cl)c(C(=O)NC2CC2)c1.Cl. The van der Waals surface area contributed by atoms with Gasteiger partial charge in [-0.15, -0.1) is 12.4 Å². The maximum absolute atomic E-state index is 12.1. The quantitative estimate of drug-likeness (QED) is 0.691. The first-order valence-corrected chi connectivity index (χ1v) is 7.54. The number of rotatable bonds is 7. The molecule has 1 saturated carbocycles. The van der Waals surface area contributed by atoms with Gasteiger partial charge in [0.1, 0.15) is 0 Å². The Labute approximate surface area is 146 Å². The maximum Gasteiger partial charge on any atom is 0.253 e. The van der Waals surface area contributed by atoms with E-state index in [1.807, 2.05) is 0 Å². The number of nitrogens with two attached hydrogens (primary N) is 1. The number of halogens is 2. The number of hydrogen-bond donors (Lipinski definition) is 3. The number of amides is 2. The average molecular weight is 362 g/mol. The van der Waals surface area contributed by atoms with Crippen LogP contribution in [0.25, 0.3) is 0 Å². The highest BCUT2D eigenvalue weighted by molar-refractivity contribution is 6.34. The van der Waals surface area contributed by atoms with E-state index in [1.54, 1.807) is 18.2 Å². The second kappa shape index (κ2) is 9.08. The number of ether oxygens (including phenoxy) is 1. The van der Waals surface area contributed by atoms with Gasteiger partial charge in [-0.05, 0) is 31.0 Å². The van der Waals surface area contributed by atoms with Crippen molar-refractivity contribution in [1.82, 2.24) is 5.32 Å². The molecule has 1 unspecified atom stereocenters. The summed E-state index contributed by atoms with van der Waals surface area (Å²) in [6.07, 6.45) is 1.82. The molecule has 0 aliphatic heterocycles. The summed E-state index contributed by atoms with van der Waals surface area (Å²) in [7, 11) is 1.51. The van der Waals surface area contributed by atoms with Crippen LogP contribution in [0, 0.1) is 0 Å². The summed E-state index contributed by atoms with van der Waals surface area (Å²) in [6.45, 7) is 0.263. The van der Waals surface area contributed by atoms with Gasteiger partial charge in [-0.25, -0.2) is 0 Å². The zero-order valence-corrected chi connectivity index (χ0v) is 14.4. The van der Waals surface area contributed by atoms with Crippen LogP contribution >= 0.6 is 24.0 Å². The van der Waals surface area contributed by atoms with Gasteiger partial charge in [0.2, 0.25) is 5.91 Å². The smallest absolute Gasteiger partial charge is 0.253 e. The number of hydrogen-bond acceptors (Lipinski definition) is 4. The van der Waals surface area contributed by atoms with Crippen LogP contribution in [0.15, 0.2) is 18.2 Å². The Morgan fingerprint density at radius 3 is 2.70 bits per heavy atom. The van der Waals surface area contributed by atoms with Crippen molar-refractivity contribution in [2.75, 3.05) is 19.0 Å². The molecular weight excluding hydrogens is 341 g/mol. The van der Waals surface area contributed by atoms with E-state index in [0.717, 1.165) is 12.8 Å². The van der Waals surface area contributed by atoms with Crippen molar-refractivity contribution in [2.24, 2.45) is 5.73 Å². The summed E-state index contributed by atoms with van der Waals surface area (Å²) in [5.41, 5.74) is 6.36. The zero-order chi connectivity index (χ0) is 16.1. The molecule has 128 valence electrons. The van der Waals surface area contributed by atoms with Crippen molar-refractivity contribution in [1.29, 1.82) is 0 Å². The molecule has 0 bridgehead atoms. The number of benzene rings is 1. The highest BCUT2D eigenvalue weighted by Gasteiger charge is 2.25. The van der Waals surface area contributed by atoms with Gasteiger partial charge in [-0.2, -0.15) is 0 Å². The van der Waals surface area contributed by atoms with Crippen LogP contribution in [0.3, 0.4) is 0 Å². The maximum atomic E-state index is 12.1. The molecule has 6 nitrogen and oxygen atoms in total. The third kappa shape index (κ3) is 5.99. The molecular formula is C15H21Cl2N3O3. The highest BCUT2D eigenvalue weighted by Crippen LogP contribution is 2.24. The molecule has 1 aliphatic carbocycles. The fraction of sp³-hybridized carbons (Fsp3) is 0.467. The van der Waals surface area contributed by atoms with Crippen molar-refractivity contribution in [2.45, 2.75) is 31.4 Å². The minimum Gasteiger partial charge on any atom is -0.380 e. The molecule has 8 heteroatoms. The van der Waals surface area contributed by atoms with Gasteiger partial charge in [-0.1, -0.05) is 11.6 Å². The predicted molar refractivity (Wildman–Crippen MR) is 92.3 cm³/mol. The van der Waals surface area contributed by atoms with Gasteiger partial charge in [0.25, 0.3) is 5.91 Å². The van der Waals surface area contributed by atoms with Gasteiger partial charge in [0, 0.05) is 25.4 Å². The number of carbonyl (C=O) groups excluding carboxylic acids is 2. The summed E-state index contributed by atoms with van der Waals surface area (Å²) in [5.74, 6) is -0.450. The number of nitrogens with one attached hydrogen (secondary N) is 2. The van der Waals surface area contributed by atoms with Gasteiger partial charge in [-0.3, -0.25) is 9.59 Å². The Balaban J connectivity index is 0.00000264. The Morgan fingerprint density at radius 2 is 2.13 bits per heavy atom. The molecule has 1 aromatic carbocycles. The second-order valence-corrected chi connectivity index (χ2v) is 5.70. The fourth-order valence-electron chi connectivity index (χ4n) is 1.95. The molecule has 2 amide bonds. The first kappa shape index (κ1) is 19.7. The first-order chi connectivity index (χ1) is 10.5. The van der Waals surface area contributed by atoms with Crippen LogP contribution < -0.4 is 16.4 Å². The third-order valence-electron chi connectivity index (χ3n) is 3.42. The van der Waals surface area contributed by atoms with Crippen LogP contribution in [-0.4, -0.2) is 37.6 Å². The van der Waals surface area contributed by atoms with Crippen molar-refractivity contribution >= 4 is 41.5 Å². The number of methoxy groups -OCH3 is 1. The largest absolute Gasteiger partial charge is 0.380 e. The molecule has 4 N–H and O–H groups in total. The molecule has 0 spiro atoms. The van der Waals surface area contributed by atoms with Crippen molar-refractivity contribution < 1.29 is 14.3 Å². The fourth-order valence-corrected chi connectivity index (χ4v) is 2.15. The van der Waals surface area contributed by atoms with E-state index in [4.69, 9.17) is 22.1 Å². The molecule has 1 fully saturated rings. The lowest BCUT2D eigenvalue weighted by atomic mass is 10.1. The third-order valence-corrected chi connectivity index (χ3v) is 3.75. The van der Waals surface area contributed by atoms with E-state index in [1.165, 1.54) is 7.11 Å². The van der Waals surface area contributed by atoms with E-state index < -0.39 is 0 Å². The minimum absolute atomic E-state index is 0. The molecule has 0 saturated heterocycles. The summed E-state index contributed by atoms with van der Waals surface area (Å²) in [6, 6.07) is 5.06. The van der Waals surface area contributed by atoms with Gasteiger partial charge < -0.3 is 21.1 Å². The molecule has 1 aliphatic rings. The normalized spacial score (nSPS) is 14.6. The monoisotopic (exact) mass is 361 g/mol. The molecule has 2 rings (SSSR count). The van der Waals surface area contributed by atoms with Gasteiger partial charge >= 0.3 is 0 Å². The zero-order valence-electron chi connectivity index (χ0n) is 12.8. The Hall–Kier alpha value is -1.34. The standard InChI is InChI=1S/C15H20ClN3O3.ClH/c1-22-11(8-17)7-14(20)18-10-4-5-13(16)12(6-10)15(21)19-9-2-3-9;/h4-6,9,11H,2-3,7-8,17H2,1H3,(H,18,20)(H,19,21);1H. The topological polar surface area (TPSA) is 93.4 Å².